The number of sulfonamides is 1. The number of hydrogen-bond acceptors (Lipinski definition) is 7. The van der Waals surface area contributed by atoms with Crippen LogP contribution in [0.3, 0.4) is 0 Å². The molecule has 5 aliphatic rings. The van der Waals surface area contributed by atoms with Crippen LogP contribution in [-0.4, -0.2) is 65.7 Å². The van der Waals surface area contributed by atoms with Gasteiger partial charge in [-0.2, -0.15) is 0 Å². The Labute approximate surface area is 290 Å². The summed E-state index contributed by atoms with van der Waals surface area (Å²) in [4.78, 5) is 16.1. The highest BCUT2D eigenvalue weighted by atomic mass is 35.5. The standard InChI is InChI=1S/C38H49ClN2O6S/c1-25-5-3-7-34(46-18-17-45-2)31-13-10-29(31)22-41-23-38(16-4-6-27-20-30(39)12-14-32(27)38)24-47-35-15-11-28(21-33(35)41)37(42)40-48(43,44)36(25)19-26-8-9-26/h3,7,11-12,14-15,20-21,25-26,29,31,34,36H,4-6,8-10,13,16-19,22-24H2,1-2H3,(H,40,42)/b7-3+/t25-,29-,31+,34-,36-,38-/m0/s1. The molecule has 0 unspecified atom stereocenters. The number of nitrogens with one attached hydrogen (secondary N) is 1. The van der Waals surface area contributed by atoms with Crippen molar-refractivity contribution in [3.8, 4) is 5.75 Å². The molecule has 2 aromatic carbocycles. The Bertz CT molecular complexity index is 1640. The molecule has 2 fully saturated rings. The molecule has 2 aromatic rings. The number of ether oxygens (including phenoxy) is 3. The van der Waals surface area contributed by atoms with Crippen molar-refractivity contribution in [2.45, 2.75) is 81.5 Å². The summed E-state index contributed by atoms with van der Waals surface area (Å²) in [6, 6.07) is 11.6. The van der Waals surface area contributed by atoms with Crippen molar-refractivity contribution in [3.05, 3.63) is 70.3 Å². The number of carbonyl (C=O) groups excluding carboxylic acids is 1. The third-order valence-corrected chi connectivity index (χ3v) is 13.8. The van der Waals surface area contributed by atoms with Crippen LogP contribution >= 0.6 is 11.6 Å². The summed E-state index contributed by atoms with van der Waals surface area (Å²) >= 11 is 6.45. The first-order chi connectivity index (χ1) is 23.2. The van der Waals surface area contributed by atoms with E-state index in [1.165, 1.54) is 11.1 Å². The molecule has 2 bridgehead atoms. The fraction of sp³-hybridized carbons (Fsp3) is 0.605. The first-order valence-electron chi connectivity index (χ1n) is 17.8. The van der Waals surface area contributed by atoms with Gasteiger partial charge >= 0.3 is 0 Å². The molecule has 0 aromatic heterocycles. The zero-order valence-electron chi connectivity index (χ0n) is 28.2. The molecule has 260 valence electrons. The Hall–Kier alpha value is -2.59. The van der Waals surface area contributed by atoms with Gasteiger partial charge in [0.1, 0.15) is 5.75 Å². The molecule has 1 spiro atoms. The van der Waals surface area contributed by atoms with E-state index < -0.39 is 21.2 Å². The molecular formula is C38H49ClN2O6S. The lowest BCUT2D eigenvalue weighted by Gasteiger charge is -2.46. The van der Waals surface area contributed by atoms with Crippen molar-refractivity contribution in [2.75, 3.05) is 44.9 Å². The lowest BCUT2D eigenvalue weighted by atomic mass is 9.68. The zero-order chi connectivity index (χ0) is 33.5. The predicted molar refractivity (Wildman–Crippen MR) is 188 cm³/mol. The van der Waals surface area contributed by atoms with Gasteiger partial charge < -0.3 is 19.1 Å². The highest BCUT2D eigenvalue weighted by Gasteiger charge is 2.45. The fourth-order valence-electron chi connectivity index (χ4n) is 8.57. The summed E-state index contributed by atoms with van der Waals surface area (Å²) in [5.74, 6) is 1.07. The SMILES string of the molecule is COCCO[C@H]1/C=C/C[C@H](C)[C@H](CC2CC2)S(=O)(=O)NC(=O)c2ccc3c(c2)N(C[C@@H]2CC[C@H]21)C[C@@]1(CCCc2cc(Cl)ccc21)CO3. The Morgan fingerprint density at radius 2 is 1.96 bits per heavy atom. The maximum absolute atomic E-state index is 13.9. The topological polar surface area (TPSA) is 94.2 Å². The number of anilines is 1. The summed E-state index contributed by atoms with van der Waals surface area (Å²) < 4.78 is 48.7. The molecule has 0 radical (unpaired) electrons. The highest BCUT2D eigenvalue weighted by Crippen LogP contribution is 2.47. The van der Waals surface area contributed by atoms with Gasteiger partial charge in [0.2, 0.25) is 10.0 Å². The van der Waals surface area contributed by atoms with Crippen LogP contribution in [-0.2, 0) is 31.3 Å². The number of fused-ring (bicyclic) bond motifs is 4. The van der Waals surface area contributed by atoms with Gasteiger partial charge in [0.05, 0.1) is 36.9 Å². The Balaban J connectivity index is 1.28. The van der Waals surface area contributed by atoms with Crippen LogP contribution in [0.4, 0.5) is 5.69 Å². The molecule has 3 aliphatic carbocycles. The number of allylic oxidation sites excluding steroid dienone is 1. The second kappa shape index (κ2) is 14.0. The average Bonchev–Trinajstić information content (AvgIpc) is 3.88. The lowest BCUT2D eigenvalue weighted by molar-refractivity contribution is -0.0309. The molecule has 48 heavy (non-hydrogen) atoms. The molecule has 10 heteroatoms. The smallest absolute Gasteiger partial charge is 0.264 e. The van der Waals surface area contributed by atoms with Gasteiger partial charge in [-0.25, -0.2) is 13.1 Å². The summed E-state index contributed by atoms with van der Waals surface area (Å²) in [6.07, 6.45) is 12.6. The number of carbonyl (C=O) groups is 1. The third-order valence-electron chi connectivity index (χ3n) is 11.6. The van der Waals surface area contributed by atoms with E-state index in [1.807, 2.05) is 25.1 Å². The first kappa shape index (κ1) is 33.9. The van der Waals surface area contributed by atoms with Crippen LogP contribution in [0.15, 0.2) is 48.6 Å². The van der Waals surface area contributed by atoms with Gasteiger partial charge in [0, 0.05) is 36.2 Å². The van der Waals surface area contributed by atoms with E-state index in [1.54, 1.807) is 13.2 Å². The number of amides is 1. The van der Waals surface area contributed by atoms with Crippen LogP contribution < -0.4 is 14.4 Å². The van der Waals surface area contributed by atoms with Crippen LogP contribution in [0.1, 0.15) is 79.8 Å². The van der Waals surface area contributed by atoms with E-state index in [4.69, 9.17) is 25.8 Å². The van der Waals surface area contributed by atoms with E-state index in [2.05, 4.69) is 33.9 Å². The van der Waals surface area contributed by atoms with Crippen molar-refractivity contribution >= 4 is 33.2 Å². The van der Waals surface area contributed by atoms with E-state index in [0.717, 1.165) is 74.5 Å². The molecule has 7 rings (SSSR count). The van der Waals surface area contributed by atoms with Crippen LogP contribution in [0, 0.1) is 23.7 Å². The van der Waals surface area contributed by atoms with E-state index >= 15 is 0 Å². The summed E-state index contributed by atoms with van der Waals surface area (Å²) in [5.41, 5.74) is 3.48. The van der Waals surface area contributed by atoms with Crippen molar-refractivity contribution < 1.29 is 27.4 Å². The number of hydrogen-bond donors (Lipinski definition) is 1. The number of benzene rings is 2. The molecule has 8 nitrogen and oxygen atoms in total. The minimum absolute atomic E-state index is 0.0854. The van der Waals surface area contributed by atoms with Gasteiger partial charge in [-0.1, -0.05) is 49.6 Å². The second-order valence-corrected chi connectivity index (χ2v) is 17.3. The lowest BCUT2D eigenvalue weighted by Crippen LogP contribution is -2.49. The monoisotopic (exact) mass is 696 g/mol. The predicted octanol–water partition coefficient (Wildman–Crippen LogP) is 6.70. The zero-order valence-corrected chi connectivity index (χ0v) is 29.7. The van der Waals surface area contributed by atoms with E-state index in [9.17, 15) is 13.2 Å². The average molecular weight is 697 g/mol. The largest absolute Gasteiger partial charge is 0.490 e. The molecule has 0 saturated heterocycles. The summed E-state index contributed by atoms with van der Waals surface area (Å²) in [6.45, 7) is 5.04. The van der Waals surface area contributed by atoms with Crippen LogP contribution in [0.5, 0.6) is 5.75 Å². The first-order valence-corrected chi connectivity index (χ1v) is 19.7. The van der Waals surface area contributed by atoms with Gasteiger partial charge in [0.15, 0.2) is 0 Å². The van der Waals surface area contributed by atoms with Crippen molar-refractivity contribution in [1.82, 2.24) is 4.72 Å². The molecule has 2 aliphatic heterocycles. The minimum Gasteiger partial charge on any atom is -0.490 e. The maximum atomic E-state index is 13.9. The Morgan fingerprint density at radius 1 is 1.10 bits per heavy atom. The molecule has 2 saturated carbocycles. The third kappa shape index (κ3) is 7.03. The molecular weight excluding hydrogens is 648 g/mol. The second-order valence-electron chi connectivity index (χ2n) is 15.0. The number of aryl methyl sites for hydroxylation is 1. The van der Waals surface area contributed by atoms with Crippen molar-refractivity contribution in [2.24, 2.45) is 23.7 Å². The number of methoxy groups -OCH3 is 1. The minimum atomic E-state index is -3.93. The van der Waals surface area contributed by atoms with Crippen LogP contribution in [0.2, 0.25) is 5.02 Å². The van der Waals surface area contributed by atoms with Gasteiger partial charge in [-0.3, -0.25) is 4.79 Å². The number of rotatable bonds is 6. The quantitative estimate of drug-likeness (QED) is 0.266. The van der Waals surface area contributed by atoms with Gasteiger partial charge in [-0.05, 0) is 110 Å². The molecule has 1 amide bonds. The Morgan fingerprint density at radius 3 is 2.73 bits per heavy atom. The molecule has 1 N–H and O–H groups in total. The highest BCUT2D eigenvalue weighted by molar-refractivity contribution is 7.90. The number of halogens is 1. The van der Waals surface area contributed by atoms with Gasteiger partial charge in [0.25, 0.3) is 5.91 Å². The normalized spacial score (nSPS) is 32.2. The number of nitrogens with zero attached hydrogens (tertiary/aromatic N) is 1. The summed E-state index contributed by atoms with van der Waals surface area (Å²) in [7, 11) is -2.24. The molecule has 6 atom stereocenters. The fourth-order valence-corrected chi connectivity index (χ4v) is 10.5. The Kier molecular flexibility index (Phi) is 9.86. The summed E-state index contributed by atoms with van der Waals surface area (Å²) in [5, 5.41) is 0.0918. The molecule has 2 heterocycles. The van der Waals surface area contributed by atoms with Crippen LogP contribution in [0.25, 0.3) is 0 Å². The maximum Gasteiger partial charge on any atom is 0.264 e. The van der Waals surface area contributed by atoms with E-state index in [0.29, 0.717) is 56.0 Å². The van der Waals surface area contributed by atoms with Crippen molar-refractivity contribution in [1.29, 1.82) is 0 Å². The van der Waals surface area contributed by atoms with Gasteiger partial charge in [-0.15, -0.1) is 0 Å². The van der Waals surface area contributed by atoms with E-state index in [-0.39, 0.29) is 17.4 Å². The van der Waals surface area contributed by atoms with Crippen molar-refractivity contribution in [3.63, 3.8) is 0 Å².